The van der Waals surface area contributed by atoms with Gasteiger partial charge in [-0.05, 0) is 24.5 Å². The first-order valence-corrected chi connectivity index (χ1v) is 9.41. The summed E-state index contributed by atoms with van der Waals surface area (Å²) in [4.78, 5) is 22.1. The molecule has 0 aliphatic carbocycles. The molecule has 26 heavy (non-hydrogen) atoms. The first kappa shape index (κ1) is 19.7. The lowest BCUT2D eigenvalue weighted by molar-refractivity contribution is -0.137. The molecule has 1 aromatic heterocycles. The number of aryl methyl sites for hydroxylation is 1. The van der Waals surface area contributed by atoms with Crippen molar-refractivity contribution >= 4 is 21.9 Å². The third kappa shape index (κ3) is 5.17. The molecule has 0 aliphatic heterocycles. The zero-order chi connectivity index (χ0) is 19.3. The molecule has 0 saturated carbocycles. The van der Waals surface area contributed by atoms with Crippen LogP contribution in [0.25, 0.3) is 0 Å². The number of aliphatic carboxylic acids is 1. The van der Waals surface area contributed by atoms with Crippen LogP contribution in [0.5, 0.6) is 0 Å². The van der Waals surface area contributed by atoms with Crippen LogP contribution in [0.2, 0.25) is 0 Å². The Kier molecular flexibility index (Phi) is 6.17. The summed E-state index contributed by atoms with van der Waals surface area (Å²) in [7, 11) is -2.42. The molecule has 0 aliphatic rings. The van der Waals surface area contributed by atoms with Crippen LogP contribution in [0.1, 0.15) is 28.9 Å². The number of nitrogens with two attached hydrogens (primary N) is 1. The summed E-state index contributed by atoms with van der Waals surface area (Å²) < 4.78 is 29.2. The lowest BCUT2D eigenvalue weighted by atomic mass is 10.0. The predicted octanol–water partition coefficient (Wildman–Crippen LogP) is 0.878. The van der Waals surface area contributed by atoms with E-state index in [0.717, 1.165) is 5.56 Å². The zero-order valence-corrected chi connectivity index (χ0v) is 15.1. The summed E-state index contributed by atoms with van der Waals surface area (Å²) in [6.07, 6.45) is 1.61. The van der Waals surface area contributed by atoms with Crippen LogP contribution < -0.4 is 10.5 Å². The topological polar surface area (TPSA) is 131 Å². The number of carboxylic acid groups (broad SMARTS) is 1. The Hall–Kier alpha value is -2.65. The molecule has 9 heteroatoms. The Bertz CT molecular complexity index is 890. The summed E-state index contributed by atoms with van der Waals surface area (Å²) >= 11 is 0. The first-order valence-electron chi connectivity index (χ1n) is 7.93. The van der Waals surface area contributed by atoms with E-state index in [4.69, 9.17) is 10.8 Å². The molecule has 1 unspecified atom stereocenters. The monoisotopic (exact) mass is 379 g/mol. The smallest absolute Gasteiger partial charge is 0.303 e. The Morgan fingerprint density at radius 1 is 1.27 bits per heavy atom. The molecule has 0 radical (unpaired) electrons. The van der Waals surface area contributed by atoms with E-state index in [9.17, 15) is 18.0 Å². The number of carboxylic acids is 1. The maximum Gasteiger partial charge on any atom is 0.303 e. The largest absolute Gasteiger partial charge is 0.481 e. The molecule has 2 rings (SSSR count). The van der Waals surface area contributed by atoms with E-state index in [1.807, 2.05) is 30.3 Å². The number of hydrogen-bond acceptors (Lipinski definition) is 4. The summed E-state index contributed by atoms with van der Waals surface area (Å²) in [5.74, 6) is -1.74. The molecule has 8 nitrogen and oxygen atoms in total. The molecule has 0 spiro atoms. The molecular weight excluding hydrogens is 358 g/mol. The van der Waals surface area contributed by atoms with Gasteiger partial charge in [0.1, 0.15) is 10.6 Å². The van der Waals surface area contributed by atoms with E-state index < -0.39 is 27.9 Å². The number of amides is 1. The van der Waals surface area contributed by atoms with Gasteiger partial charge in [0.25, 0.3) is 5.91 Å². The normalized spacial score (nSPS) is 12.7. The third-order valence-electron chi connectivity index (χ3n) is 3.90. The molecule has 1 heterocycles. The second kappa shape index (κ2) is 8.15. The average molecular weight is 379 g/mol. The summed E-state index contributed by atoms with van der Waals surface area (Å²) in [5, 5.41) is 8.91. The van der Waals surface area contributed by atoms with E-state index in [1.165, 1.54) is 23.9 Å². The van der Waals surface area contributed by atoms with E-state index in [2.05, 4.69) is 4.72 Å². The molecule has 1 atom stereocenters. The standard InChI is InChI=1S/C17H21N3O5S/c1-20-11-14(10-15(20)17(18)23)26(24,25)19-13(7-8-16(21)22)9-12-5-3-2-4-6-12/h2-6,10-11,13,19H,7-9H2,1H3,(H2,18,23)(H,21,22). The second-order valence-corrected chi connectivity index (χ2v) is 7.69. The van der Waals surface area contributed by atoms with Crippen LogP contribution in [0, 0.1) is 0 Å². The number of primary amides is 1. The number of hydrogen-bond donors (Lipinski definition) is 3. The quantitative estimate of drug-likeness (QED) is 0.595. The van der Waals surface area contributed by atoms with Gasteiger partial charge in [-0.1, -0.05) is 30.3 Å². The zero-order valence-electron chi connectivity index (χ0n) is 14.3. The second-order valence-electron chi connectivity index (χ2n) is 5.98. The lowest BCUT2D eigenvalue weighted by Gasteiger charge is -2.18. The SMILES string of the molecule is Cn1cc(S(=O)(=O)NC(CCC(=O)O)Cc2ccccc2)cc1C(N)=O. The molecule has 0 fully saturated rings. The third-order valence-corrected chi connectivity index (χ3v) is 5.38. The highest BCUT2D eigenvalue weighted by atomic mass is 32.2. The summed E-state index contributed by atoms with van der Waals surface area (Å²) in [5.41, 5.74) is 6.17. The Morgan fingerprint density at radius 2 is 1.92 bits per heavy atom. The molecule has 1 amide bonds. The Balaban J connectivity index is 2.23. The van der Waals surface area contributed by atoms with Gasteiger partial charge in [0, 0.05) is 25.7 Å². The summed E-state index contributed by atoms with van der Waals surface area (Å²) in [6, 6.07) is 9.78. The van der Waals surface area contributed by atoms with Gasteiger partial charge in [0.2, 0.25) is 10.0 Å². The van der Waals surface area contributed by atoms with Gasteiger partial charge in [-0.2, -0.15) is 0 Å². The number of carbonyl (C=O) groups excluding carboxylic acids is 1. The van der Waals surface area contributed by atoms with Crippen molar-refractivity contribution in [2.75, 3.05) is 0 Å². The van der Waals surface area contributed by atoms with Crippen molar-refractivity contribution in [2.24, 2.45) is 12.8 Å². The fraction of sp³-hybridized carbons (Fsp3) is 0.294. The number of rotatable bonds is 9. The molecule has 1 aromatic carbocycles. The van der Waals surface area contributed by atoms with Crippen molar-refractivity contribution in [3.05, 3.63) is 53.9 Å². The van der Waals surface area contributed by atoms with E-state index in [0.29, 0.717) is 6.42 Å². The van der Waals surface area contributed by atoms with Gasteiger partial charge in [-0.15, -0.1) is 0 Å². The highest BCUT2D eigenvalue weighted by Crippen LogP contribution is 2.16. The van der Waals surface area contributed by atoms with Crippen molar-refractivity contribution in [1.29, 1.82) is 0 Å². The maximum atomic E-state index is 12.6. The van der Waals surface area contributed by atoms with Crippen molar-refractivity contribution in [3.63, 3.8) is 0 Å². The number of aromatic nitrogens is 1. The van der Waals surface area contributed by atoms with Gasteiger partial charge in [-0.25, -0.2) is 13.1 Å². The number of sulfonamides is 1. The van der Waals surface area contributed by atoms with Crippen LogP contribution in [-0.4, -0.2) is 36.0 Å². The van der Waals surface area contributed by atoms with E-state index in [-0.39, 0.29) is 23.4 Å². The van der Waals surface area contributed by atoms with E-state index >= 15 is 0 Å². The molecule has 140 valence electrons. The summed E-state index contributed by atoms with van der Waals surface area (Å²) in [6.45, 7) is 0. The fourth-order valence-electron chi connectivity index (χ4n) is 2.61. The highest BCUT2D eigenvalue weighted by Gasteiger charge is 2.24. The number of nitrogens with one attached hydrogen (secondary N) is 1. The van der Waals surface area contributed by atoms with Gasteiger partial charge in [0.05, 0.1) is 0 Å². The maximum absolute atomic E-state index is 12.6. The van der Waals surface area contributed by atoms with Gasteiger partial charge < -0.3 is 15.4 Å². The Labute approximate surface area is 151 Å². The minimum absolute atomic E-state index is 0.0653. The van der Waals surface area contributed by atoms with Gasteiger partial charge in [-0.3, -0.25) is 9.59 Å². The molecule has 4 N–H and O–H groups in total. The van der Waals surface area contributed by atoms with Crippen LogP contribution in [0.15, 0.2) is 47.5 Å². The number of benzene rings is 1. The predicted molar refractivity (Wildman–Crippen MR) is 95.1 cm³/mol. The molecule has 2 aromatic rings. The van der Waals surface area contributed by atoms with Gasteiger partial charge >= 0.3 is 5.97 Å². The average Bonchev–Trinajstić information content (AvgIpc) is 2.96. The van der Waals surface area contributed by atoms with Crippen LogP contribution >= 0.6 is 0 Å². The van der Waals surface area contributed by atoms with Gasteiger partial charge in [0.15, 0.2) is 0 Å². The highest BCUT2D eigenvalue weighted by molar-refractivity contribution is 7.89. The first-order chi connectivity index (χ1) is 12.2. The van der Waals surface area contributed by atoms with E-state index in [1.54, 1.807) is 0 Å². The van der Waals surface area contributed by atoms with Crippen LogP contribution in [-0.2, 0) is 28.3 Å². The number of carbonyl (C=O) groups is 2. The van der Waals surface area contributed by atoms with Crippen LogP contribution in [0.3, 0.4) is 0 Å². The molecule has 0 saturated heterocycles. The minimum Gasteiger partial charge on any atom is -0.481 e. The Morgan fingerprint density at radius 3 is 2.46 bits per heavy atom. The lowest BCUT2D eigenvalue weighted by Crippen LogP contribution is -2.36. The number of nitrogens with zero attached hydrogens (tertiary/aromatic N) is 1. The van der Waals surface area contributed by atoms with Crippen molar-refractivity contribution in [3.8, 4) is 0 Å². The molecular formula is C17H21N3O5S. The minimum atomic E-state index is -3.93. The fourth-order valence-corrected chi connectivity index (χ4v) is 3.95. The van der Waals surface area contributed by atoms with Crippen molar-refractivity contribution < 1.29 is 23.1 Å². The van der Waals surface area contributed by atoms with Crippen molar-refractivity contribution in [2.45, 2.75) is 30.2 Å². The van der Waals surface area contributed by atoms with Crippen molar-refractivity contribution in [1.82, 2.24) is 9.29 Å². The molecule has 0 bridgehead atoms. The van der Waals surface area contributed by atoms with Crippen LogP contribution in [0.4, 0.5) is 0 Å².